The van der Waals surface area contributed by atoms with Gasteiger partial charge in [0, 0.05) is 67.9 Å². The van der Waals surface area contributed by atoms with Gasteiger partial charge in [-0.25, -0.2) is 4.85 Å². The first-order valence-electron chi connectivity index (χ1n) is 16.3. The van der Waals surface area contributed by atoms with Gasteiger partial charge in [-0.15, -0.1) is 22.7 Å². The molecule has 0 N–H and O–H groups in total. The highest BCUT2D eigenvalue weighted by Crippen LogP contribution is 2.44. The van der Waals surface area contributed by atoms with E-state index in [1.165, 1.54) is 62.2 Å². The van der Waals surface area contributed by atoms with Crippen LogP contribution in [0, 0.1) is 17.9 Å². The van der Waals surface area contributed by atoms with Crippen molar-refractivity contribution in [3.8, 4) is 17.4 Å². The average molecular weight is 671 g/mol. The van der Waals surface area contributed by atoms with Gasteiger partial charge in [0.05, 0.1) is 40.3 Å². The Hall–Kier alpha value is -6.44. The number of hydrogen-bond acceptors (Lipinski definition) is 3. The summed E-state index contributed by atoms with van der Waals surface area (Å²) in [6.45, 7) is 7.62. The van der Waals surface area contributed by atoms with Crippen molar-refractivity contribution in [2.24, 2.45) is 0 Å². The molecule has 0 bridgehead atoms. The molecule has 0 aliphatic rings. The van der Waals surface area contributed by atoms with E-state index in [0.29, 0.717) is 11.3 Å². The fraction of sp³-hybridized carbons (Fsp3) is 0. The van der Waals surface area contributed by atoms with Crippen molar-refractivity contribution in [3.63, 3.8) is 0 Å². The lowest BCUT2D eigenvalue weighted by Crippen LogP contribution is -1.94. The van der Waals surface area contributed by atoms with Gasteiger partial charge in [0.15, 0.2) is 5.69 Å². The van der Waals surface area contributed by atoms with Gasteiger partial charge in [-0.2, -0.15) is 5.26 Å². The van der Waals surface area contributed by atoms with Crippen molar-refractivity contribution in [2.45, 2.75) is 0 Å². The van der Waals surface area contributed by atoms with E-state index < -0.39 is 0 Å². The van der Waals surface area contributed by atoms with Crippen LogP contribution >= 0.6 is 22.7 Å². The summed E-state index contributed by atoms with van der Waals surface area (Å²) in [5.74, 6) is 0. The van der Waals surface area contributed by atoms with E-state index in [4.69, 9.17) is 6.57 Å². The molecule has 0 spiro atoms. The molecule has 11 rings (SSSR count). The van der Waals surface area contributed by atoms with Gasteiger partial charge < -0.3 is 9.13 Å². The number of para-hydroxylation sites is 1. The van der Waals surface area contributed by atoms with E-state index in [9.17, 15) is 5.26 Å². The number of hydrogen-bond donors (Lipinski definition) is 0. The Kier molecular flexibility index (Phi) is 5.52. The largest absolute Gasteiger partial charge is 0.309 e. The van der Waals surface area contributed by atoms with E-state index in [1.807, 2.05) is 59.1 Å². The second-order valence-corrected chi connectivity index (χ2v) is 14.9. The second kappa shape index (κ2) is 10.0. The van der Waals surface area contributed by atoms with Crippen molar-refractivity contribution in [1.29, 1.82) is 5.26 Å². The zero-order valence-electron chi connectivity index (χ0n) is 26.3. The maximum absolute atomic E-state index is 9.68. The molecule has 230 valence electrons. The summed E-state index contributed by atoms with van der Waals surface area (Å²) in [5, 5.41) is 19.2. The third kappa shape index (κ3) is 3.67. The van der Waals surface area contributed by atoms with Gasteiger partial charge in [-0.3, -0.25) is 0 Å². The van der Waals surface area contributed by atoms with Crippen molar-refractivity contribution in [3.05, 3.63) is 150 Å². The minimum absolute atomic E-state index is 0.587. The molecule has 4 heterocycles. The minimum atomic E-state index is 0.587. The standard InChI is InChI=1S/C44H22N4S2/c1-46-26-11-16-38-33(21-26)32-20-25(24-45)10-15-37(32)47(38)27-12-17-40-34(22-27)35-23-28(13-18-41(35)49-40)48-36-8-4-2-6-29(36)30-14-19-42-43(44(30)48)31-7-3-5-9-39(31)50-42/h2-23H. The zero-order chi connectivity index (χ0) is 33.1. The number of thiophene rings is 2. The van der Waals surface area contributed by atoms with Crippen LogP contribution in [0.5, 0.6) is 0 Å². The first kappa shape index (κ1) is 27.5. The van der Waals surface area contributed by atoms with Crippen molar-refractivity contribution >= 4 is 112 Å². The van der Waals surface area contributed by atoms with Crippen molar-refractivity contribution < 1.29 is 0 Å². The Morgan fingerprint density at radius 2 is 1.12 bits per heavy atom. The summed E-state index contributed by atoms with van der Waals surface area (Å²) in [7, 11) is 0. The van der Waals surface area contributed by atoms with Crippen LogP contribution in [0.2, 0.25) is 0 Å². The normalized spacial score (nSPS) is 12.0. The third-order valence-corrected chi connectivity index (χ3v) is 12.4. The van der Waals surface area contributed by atoms with Gasteiger partial charge in [-0.1, -0.05) is 48.5 Å². The van der Waals surface area contributed by atoms with Crippen molar-refractivity contribution in [1.82, 2.24) is 9.13 Å². The van der Waals surface area contributed by atoms with Crippen LogP contribution in [-0.4, -0.2) is 9.13 Å². The second-order valence-electron chi connectivity index (χ2n) is 12.7. The number of nitrogens with zero attached hydrogens (tertiary/aromatic N) is 4. The molecule has 0 unspecified atom stereocenters. The smallest absolute Gasteiger partial charge is 0.188 e. The number of benzene rings is 7. The summed E-state index contributed by atoms with van der Waals surface area (Å²) in [6, 6.07) is 49.7. The quantitative estimate of drug-likeness (QED) is 0.169. The van der Waals surface area contributed by atoms with Crippen LogP contribution in [0.1, 0.15) is 5.56 Å². The molecule has 11 aromatic rings. The molecule has 50 heavy (non-hydrogen) atoms. The Balaban J connectivity index is 1.19. The molecule has 4 nitrogen and oxygen atoms in total. The molecule has 0 amide bonds. The Morgan fingerprint density at radius 1 is 0.500 bits per heavy atom. The molecule has 0 radical (unpaired) electrons. The zero-order valence-corrected chi connectivity index (χ0v) is 27.9. The lowest BCUT2D eigenvalue weighted by atomic mass is 10.1. The van der Waals surface area contributed by atoms with Gasteiger partial charge in [0.1, 0.15) is 0 Å². The van der Waals surface area contributed by atoms with Crippen LogP contribution in [0.15, 0.2) is 133 Å². The van der Waals surface area contributed by atoms with Crippen LogP contribution < -0.4 is 0 Å². The predicted molar refractivity (Wildman–Crippen MR) is 212 cm³/mol. The molecule has 6 heteroatoms. The van der Waals surface area contributed by atoms with E-state index in [2.05, 4.69) is 117 Å². The fourth-order valence-corrected chi connectivity index (χ4v) is 10.2. The average Bonchev–Trinajstić information content (AvgIpc) is 3.91. The van der Waals surface area contributed by atoms with Gasteiger partial charge in [0.2, 0.25) is 0 Å². The molecular weight excluding hydrogens is 649 g/mol. The lowest BCUT2D eigenvalue weighted by molar-refractivity contribution is 1.19. The molecule has 0 saturated carbocycles. The minimum Gasteiger partial charge on any atom is -0.309 e. The highest BCUT2D eigenvalue weighted by Gasteiger charge is 2.20. The molecule has 0 atom stereocenters. The SMILES string of the molecule is [C-]#[N+]c1ccc2c(c1)c1cc(C#N)ccc1n2-c1ccc2sc3ccc(-n4c5ccccc5c5ccc6sc7ccccc7c6c54)cc3c2c1. The highest BCUT2D eigenvalue weighted by atomic mass is 32.1. The van der Waals surface area contributed by atoms with Crippen LogP contribution in [0.3, 0.4) is 0 Å². The number of nitriles is 1. The van der Waals surface area contributed by atoms with Crippen LogP contribution in [0.25, 0.3) is 100 Å². The molecular formula is C44H22N4S2. The molecule has 0 aliphatic heterocycles. The summed E-state index contributed by atoms with van der Waals surface area (Å²) < 4.78 is 9.81. The summed E-state index contributed by atoms with van der Waals surface area (Å²) in [4.78, 5) is 3.69. The van der Waals surface area contributed by atoms with Gasteiger partial charge in [0.25, 0.3) is 0 Å². The van der Waals surface area contributed by atoms with Gasteiger partial charge >= 0.3 is 0 Å². The lowest BCUT2D eigenvalue weighted by Gasteiger charge is -2.10. The maximum Gasteiger partial charge on any atom is 0.188 e. The maximum atomic E-state index is 9.68. The van der Waals surface area contributed by atoms with Crippen LogP contribution in [0.4, 0.5) is 5.69 Å². The Bertz CT molecular complexity index is 3280. The summed E-state index contributed by atoms with van der Waals surface area (Å²) in [5.41, 5.74) is 7.86. The Morgan fingerprint density at radius 3 is 1.90 bits per heavy atom. The first-order valence-corrected chi connectivity index (χ1v) is 18.0. The Labute approximate surface area is 293 Å². The first-order chi connectivity index (χ1) is 24.7. The van der Waals surface area contributed by atoms with E-state index >= 15 is 0 Å². The number of fused-ring (bicyclic) bond motifs is 13. The van der Waals surface area contributed by atoms with Crippen LogP contribution in [-0.2, 0) is 0 Å². The molecule has 0 saturated heterocycles. The fourth-order valence-electron chi connectivity index (χ4n) is 7.99. The predicted octanol–water partition coefficient (Wildman–Crippen LogP) is 13.0. The molecule has 0 aliphatic carbocycles. The number of aromatic nitrogens is 2. The van der Waals surface area contributed by atoms with Gasteiger partial charge in [-0.05, 0) is 90.3 Å². The molecule has 0 fully saturated rings. The van der Waals surface area contributed by atoms with E-state index in [-0.39, 0.29) is 0 Å². The topological polar surface area (TPSA) is 38.0 Å². The molecule has 7 aromatic carbocycles. The van der Waals surface area contributed by atoms with E-state index in [0.717, 1.165) is 33.2 Å². The summed E-state index contributed by atoms with van der Waals surface area (Å²) in [6.07, 6.45) is 0. The monoisotopic (exact) mass is 670 g/mol. The van der Waals surface area contributed by atoms with Crippen molar-refractivity contribution in [2.75, 3.05) is 0 Å². The third-order valence-electron chi connectivity index (χ3n) is 10.1. The number of rotatable bonds is 2. The van der Waals surface area contributed by atoms with E-state index in [1.54, 1.807) is 0 Å². The summed E-state index contributed by atoms with van der Waals surface area (Å²) >= 11 is 3.67. The highest BCUT2D eigenvalue weighted by molar-refractivity contribution is 7.26. The molecule has 4 aromatic heterocycles.